The molecule has 1 heterocycles. The second-order valence-electron chi connectivity index (χ2n) is 3.75. The summed E-state index contributed by atoms with van der Waals surface area (Å²) in [4.78, 5) is 16.7. The molecular formula is C14H12FNO2S. The topological polar surface area (TPSA) is 39.2 Å². The van der Waals surface area contributed by atoms with Gasteiger partial charge in [0.25, 0.3) is 0 Å². The van der Waals surface area contributed by atoms with E-state index >= 15 is 0 Å². The van der Waals surface area contributed by atoms with Crippen LogP contribution in [0, 0.1) is 5.82 Å². The van der Waals surface area contributed by atoms with Gasteiger partial charge in [0.05, 0.1) is 12.8 Å². The highest BCUT2D eigenvalue weighted by atomic mass is 32.2. The van der Waals surface area contributed by atoms with Crippen LogP contribution in [0.25, 0.3) is 11.3 Å². The summed E-state index contributed by atoms with van der Waals surface area (Å²) in [5.74, 6) is -0.797. The summed E-state index contributed by atoms with van der Waals surface area (Å²) in [7, 11) is 1.31. The van der Waals surface area contributed by atoms with Crippen molar-refractivity contribution in [3.8, 4) is 11.3 Å². The average Bonchev–Trinajstić information content (AvgIpc) is 2.46. The van der Waals surface area contributed by atoms with Crippen molar-refractivity contribution in [1.29, 1.82) is 0 Å². The molecule has 0 spiro atoms. The van der Waals surface area contributed by atoms with Crippen molar-refractivity contribution in [3.63, 3.8) is 0 Å². The number of hydrogen-bond acceptors (Lipinski definition) is 4. The number of ether oxygens (including phenoxy) is 1. The standard InChI is InChI=1S/C14H12FNO2S/c1-18-14(17)11-7-8-12(19-2)13(16-11)9-3-5-10(15)6-4-9/h3-8H,1-2H3. The first-order chi connectivity index (χ1) is 9.15. The van der Waals surface area contributed by atoms with Crippen molar-refractivity contribution in [2.45, 2.75) is 4.90 Å². The molecule has 0 radical (unpaired) electrons. The Bertz CT molecular complexity index is 599. The van der Waals surface area contributed by atoms with Crippen LogP contribution in [0.3, 0.4) is 0 Å². The third-order valence-corrected chi connectivity index (χ3v) is 3.36. The Balaban J connectivity index is 2.52. The Kier molecular flexibility index (Phi) is 4.16. The van der Waals surface area contributed by atoms with Gasteiger partial charge >= 0.3 is 5.97 Å². The van der Waals surface area contributed by atoms with Crippen molar-refractivity contribution < 1.29 is 13.9 Å². The maximum Gasteiger partial charge on any atom is 0.356 e. The molecule has 2 aromatic rings. The molecule has 0 unspecified atom stereocenters. The van der Waals surface area contributed by atoms with Gasteiger partial charge in [0.2, 0.25) is 0 Å². The number of halogens is 1. The quantitative estimate of drug-likeness (QED) is 0.636. The van der Waals surface area contributed by atoms with E-state index < -0.39 is 5.97 Å². The van der Waals surface area contributed by atoms with Gasteiger partial charge in [0.1, 0.15) is 11.5 Å². The summed E-state index contributed by atoms with van der Waals surface area (Å²) in [6, 6.07) is 9.43. The molecule has 0 saturated heterocycles. The summed E-state index contributed by atoms with van der Waals surface area (Å²) >= 11 is 1.51. The smallest absolute Gasteiger partial charge is 0.356 e. The molecule has 0 amide bonds. The maximum atomic E-state index is 12.9. The normalized spacial score (nSPS) is 10.3. The minimum atomic E-state index is -0.490. The average molecular weight is 277 g/mol. The first kappa shape index (κ1) is 13.5. The third-order valence-electron chi connectivity index (χ3n) is 2.59. The fourth-order valence-electron chi connectivity index (χ4n) is 1.64. The second kappa shape index (κ2) is 5.84. The van der Waals surface area contributed by atoms with Crippen LogP contribution in [-0.2, 0) is 4.74 Å². The zero-order valence-corrected chi connectivity index (χ0v) is 11.3. The molecule has 3 nitrogen and oxygen atoms in total. The molecule has 0 atom stereocenters. The van der Waals surface area contributed by atoms with Crippen LogP contribution in [0.15, 0.2) is 41.3 Å². The Labute approximate surface area is 114 Å². The minimum Gasteiger partial charge on any atom is -0.464 e. The number of hydrogen-bond donors (Lipinski definition) is 0. The summed E-state index contributed by atoms with van der Waals surface area (Å²) < 4.78 is 17.6. The number of methoxy groups -OCH3 is 1. The Morgan fingerprint density at radius 3 is 2.47 bits per heavy atom. The van der Waals surface area contributed by atoms with E-state index in [-0.39, 0.29) is 11.5 Å². The number of benzene rings is 1. The lowest BCUT2D eigenvalue weighted by Gasteiger charge is -2.08. The molecule has 0 aliphatic rings. The van der Waals surface area contributed by atoms with E-state index in [4.69, 9.17) is 0 Å². The number of nitrogens with zero attached hydrogens (tertiary/aromatic N) is 1. The van der Waals surface area contributed by atoms with Gasteiger partial charge in [-0.1, -0.05) is 0 Å². The zero-order valence-electron chi connectivity index (χ0n) is 10.5. The Hall–Kier alpha value is -1.88. The highest BCUT2D eigenvalue weighted by Crippen LogP contribution is 2.28. The number of rotatable bonds is 3. The van der Waals surface area contributed by atoms with Gasteiger partial charge in [-0.3, -0.25) is 0 Å². The predicted molar refractivity (Wildman–Crippen MR) is 72.8 cm³/mol. The number of esters is 1. The van der Waals surface area contributed by atoms with Gasteiger partial charge in [0.15, 0.2) is 0 Å². The van der Waals surface area contributed by atoms with Crippen molar-refractivity contribution in [2.75, 3.05) is 13.4 Å². The lowest BCUT2D eigenvalue weighted by molar-refractivity contribution is 0.0594. The van der Waals surface area contributed by atoms with Crippen LogP contribution in [0.1, 0.15) is 10.5 Å². The molecule has 5 heteroatoms. The van der Waals surface area contributed by atoms with Crippen LogP contribution in [0.2, 0.25) is 0 Å². The van der Waals surface area contributed by atoms with E-state index in [1.807, 2.05) is 12.3 Å². The van der Waals surface area contributed by atoms with Gasteiger partial charge in [-0.05, 0) is 42.7 Å². The first-order valence-electron chi connectivity index (χ1n) is 5.55. The number of pyridine rings is 1. The monoisotopic (exact) mass is 277 g/mol. The third kappa shape index (κ3) is 2.93. The van der Waals surface area contributed by atoms with Crippen LogP contribution >= 0.6 is 11.8 Å². The van der Waals surface area contributed by atoms with Crippen molar-refractivity contribution in [3.05, 3.63) is 47.9 Å². The van der Waals surface area contributed by atoms with Crippen molar-refractivity contribution >= 4 is 17.7 Å². The number of thioether (sulfide) groups is 1. The van der Waals surface area contributed by atoms with Crippen LogP contribution in [0.4, 0.5) is 4.39 Å². The van der Waals surface area contributed by atoms with E-state index in [1.54, 1.807) is 18.2 Å². The molecule has 19 heavy (non-hydrogen) atoms. The lowest BCUT2D eigenvalue weighted by atomic mass is 10.1. The largest absolute Gasteiger partial charge is 0.464 e. The van der Waals surface area contributed by atoms with E-state index in [9.17, 15) is 9.18 Å². The second-order valence-corrected chi connectivity index (χ2v) is 4.59. The van der Waals surface area contributed by atoms with Crippen LogP contribution in [0.5, 0.6) is 0 Å². The van der Waals surface area contributed by atoms with Gasteiger partial charge in [0, 0.05) is 10.5 Å². The van der Waals surface area contributed by atoms with Crippen molar-refractivity contribution in [1.82, 2.24) is 4.98 Å². The molecule has 0 N–H and O–H groups in total. The van der Waals surface area contributed by atoms with E-state index in [2.05, 4.69) is 9.72 Å². The summed E-state index contributed by atoms with van der Waals surface area (Å²) in [6.45, 7) is 0. The number of carbonyl (C=O) groups is 1. The predicted octanol–water partition coefficient (Wildman–Crippen LogP) is 3.40. The zero-order chi connectivity index (χ0) is 13.8. The molecule has 98 valence electrons. The van der Waals surface area contributed by atoms with Gasteiger partial charge in [-0.15, -0.1) is 11.8 Å². The molecule has 1 aromatic carbocycles. The molecule has 0 bridgehead atoms. The van der Waals surface area contributed by atoms with Crippen LogP contribution < -0.4 is 0 Å². The summed E-state index contributed by atoms with van der Waals surface area (Å²) in [5.41, 5.74) is 1.64. The van der Waals surface area contributed by atoms with Gasteiger partial charge < -0.3 is 4.74 Å². The Morgan fingerprint density at radius 1 is 1.21 bits per heavy atom. The fraction of sp³-hybridized carbons (Fsp3) is 0.143. The molecule has 0 aliphatic carbocycles. The number of aromatic nitrogens is 1. The lowest BCUT2D eigenvalue weighted by Crippen LogP contribution is -2.05. The SMILES string of the molecule is COC(=O)c1ccc(SC)c(-c2ccc(F)cc2)n1. The highest BCUT2D eigenvalue weighted by Gasteiger charge is 2.12. The highest BCUT2D eigenvalue weighted by molar-refractivity contribution is 7.98. The van der Waals surface area contributed by atoms with E-state index in [1.165, 1.54) is 31.0 Å². The van der Waals surface area contributed by atoms with Crippen LogP contribution in [-0.4, -0.2) is 24.3 Å². The summed E-state index contributed by atoms with van der Waals surface area (Å²) in [5, 5.41) is 0. The minimum absolute atomic E-state index is 0.236. The first-order valence-corrected chi connectivity index (χ1v) is 6.77. The molecule has 0 aliphatic heterocycles. The fourth-order valence-corrected chi connectivity index (χ4v) is 2.20. The molecule has 2 rings (SSSR count). The van der Waals surface area contributed by atoms with Gasteiger partial charge in [-0.2, -0.15) is 0 Å². The molecule has 0 saturated carbocycles. The molecule has 1 aromatic heterocycles. The number of carbonyl (C=O) groups excluding carboxylic acids is 1. The van der Waals surface area contributed by atoms with Crippen molar-refractivity contribution in [2.24, 2.45) is 0 Å². The van der Waals surface area contributed by atoms with E-state index in [0.29, 0.717) is 5.69 Å². The van der Waals surface area contributed by atoms with Gasteiger partial charge in [-0.25, -0.2) is 14.2 Å². The van der Waals surface area contributed by atoms with E-state index in [0.717, 1.165) is 10.5 Å². The molecule has 0 fully saturated rings. The Morgan fingerprint density at radius 2 is 1.89 bits per heavy atom. The summed E-state index contributed by atoms with van der Waals surface area (Å²) in [6.07, 6.45) is 1.92. The maximum absolute atomic E-state index is 12.9. The molecular weight excluding hydrogens is 265 g/mol.